The number of carbonyl (C=O) groups excluding carboxylic acids is 1. The maximum atomic E-state index is 12.0. The third kappa shape index (κ3) is 3.57. The Morgan fingerprint density at radius 3 is 3.05 bits per heavy atom. The highest BCUT2D eigenvalue weighted by Gasteiger charge is 2.27. The van der Waals surface area contributed by atoms with Crippen LogP contribution in [0.4, 0.5) is 0 Å². The first-order chi connectivity index (χ1) is 9.11. The van der Waals surface area contributed by atoms with Gasteiger partial charge in [-0.2, -0.15) is 0 Å². The van der Waals surface area contributed by atoms with Crippen molar-refractivity contribution in [1.29, 1.82) is 0 Å². The molecular formula is C15H24N2OS. The molecule has 1 aromatic rings. The summed E-state index contributed by atoms with van der Waals surface area (Å²) in [5.41, 5.74) is 1.44. The summed E-state index contributed by atoms with van der Waals surface area (Å²) < 4.78 is 0. The highest BCUT2D eigenvalue weighted by Crippen LogP contribution is 2.34. The Balaban J connectivity index is 1.96. The fraction of sp³-hybridized carbons (Fsp3) is 0.667. The van der Waals surface area contributed by atoms with Crippen LogP contribution in [0, 0.1) is 5.92 Å². The molecule has 1 atom stereocenters. The summed E-state index contributed by atoms with van der Waals surface area (Å²) in [6.07, 6.45) is 2.15. The SMILES string of the molecule is CCC1c2ccsc2CCN1CC(=O)NCC(C)C. The Morgan fingerprint density at radius 2 is 2.37 bits per heavy atom. The van der Waals surface area contributed by atoms with E-state index in [0.717, 1.165) is 25.9 Å². The quantitative estimate of drug-likeness (QED) is 0.899. The molecule has 1 aliphatic rings. The molecule has 0 saturated heterocycles. The monoisotopic (exact) mass is 280 g/mol. The van der Waals surface area contributed by atoms with Crippen LogP contribution in [0.1, 0.15) is 43.7 Å². The second kappa shape index (κ2) is 6.53. The zero-order chi connectivity index (χ0) is 13.8. The lowest BCUT2D eigenvalue weighted by Crippen LogP contribution is -2.42. The van der Waals surface area contributed by atoms with Gasteiger partial charge in [-0.3, -0.25) is 9.69 Å². The topological polar surface area (TPSA) is 32.3 Å². The predicted octanol–water partition coefficient (Wildman–Crippen LogP) is 2.83. The molecule has 106 valence electrons. The molecule has 0 fully saturated rings. The molecule has 1 aliphatic heterocycles. The Bertz CT molecular complexity index is 428. The van der Waals surface area contributed by atoms with Gasteiger partial charge in [0.25, 0.3) is 0 Å². The summed E-state index contributed by atoms with van der Waals surface area (Å²) >= 11 is 1.85. The molecule has 3 nitrogen and oxygen atoms in total. The molecule has 0 bridgehead atoms. The number of amides is 1. The summed E-state index contributed by atoms with van der Waals surface area (Å²) in [7, 11) is 0. The Morgan fingerprint density at radius 1 is 1.58 bits per heavy atom. The van der Waals surface area contributed by atoms with Crippen molar-refractivity contribution in [2.45, 2.75) is 39.7 Å². The van der Waals surface area contributed by atoms with Gasteiger partial charge >= 0.3 is 0 Å². The van der Waals surface area contributed by atoms with Crippen LogP contribution >= 0.6 is 11.3 Å². The van der Waals surface area contributed by atoms with E-state index in [1.54, 1.807) is 0 Å². The van der Waals surface area contributed by atoms with Gasteiger partial charge in [-0.05, 0) is 35.8 Å². The summed E-state index contributed by atoms with van der Waals surface area (Å²) in [4.78, 5) is 15.8. The van der Waals surface area contributed by atoms with E-state index in [0.29, 0.717) is 18.5 Å². The number of nitrogens with one attached hydrogen (secondary N) is 1. The first kappa shape index (κ1) is 14.5. The number of rotatable bonds is 5. The molecule has 2 heterocycles. The molecule has 0 radical (unpaired) electrons. The largest absolute Gasteiger partial charge is 0.355 e. The molecular weight excluding hydrogens is 256 g/mol. The van der Waals surface area contributed by atoms with Crippen molar-refractivity contribution in [3.05, 3.63) is 21.9 Å². The number of nitrogens with zero attached hydrogens (tertiary/aromatic N) is 1. The van der Waals surface area contributed by atoms with Crippen LogP contribution in [0.3, 0.4) is 0 Å². The molecule has 4 heteroatoms. The zero-order valence-electron chi connectivity index (χ0n) is 12.1. The van der Waals surface area contributed by atoms with Crippen molar-refractivity contribution in [2.24, 2.45) is 5.92 Å². The second-order valence-electron chi connectivity index (χ2n) is 5.64. The minimum absolute atomic E-state index is 0.158. The summed E-state index contributed by atoms with van der Waals surface area (Å²) in [6, 6.07) is 2.65. The van der Waals surface area contributed by atoms with Gasteiger partial charge in [0.2, 0.25) is 5.91 Å². The van der Waals surface area contributed by atoms with Crippen LogP contribution in [0.15, 0.2) is 11.4 Å². The fourth-order valence-corrected chi connectivity index (χ4v) is 3.60. The normalized spacial score (nSPS) is 19.5. The van der Waals surface area contributed by atoms with E-state index >= 15 is 0 Å². The van der Waals surface area contributed by atoms with E-state index in [2.05, 4.69) is 42.4 Å². The van der Waals surface area contributed by atoms with E-state index in [4.69, 9.17) is 0 Å². The van der Waals surface area contributed by atoms with Crippen LogP contribution in [0.5, 0.6) is 0 Å². The van der Waals surface area contributed by atoms with Gasteiger partial charge in [-0.25, -0.2) is 0 Å². The lowest BCUT2D eigenvalue weighted by atomic mass is 9.98. The smallest absolute Gasteiger partial charge is 0.234 e. The highest BCUT2D eigenvalue weighted by molar-refractivity contribution is 7.10. The van der Waals surface area contributed by atoms with Crippen molar-refractivity contribution in [1.82, 2.24) is 10.2 Å². The highest BCUT2D eigenvalue weighted by atomic mass is 32.1. The number of thiophene rings is 1. The van der Waals surface area contributed by atoms with Gasteiger partial charge in [-0.1, -0.05) is 20.8 Å². The standard InChI is InChI=1S/C15H24N2OS/c1-4-13-12-6-8-19-14(12)5-7-17(13)10-15(18)16-9-11(2)3/h6,8,11,13H,4-5,7,9-10H2,1-3H3,(H,16,18). The first-order valence-electron chi connectivity index (χ1n) is 7.18. The van der Waals surface area contributed by atoms with Gasteiger partial charge in [0.05, 0.1) is 6.54 Å². The summed E-state index contributed by atoms with van der Waals surface area (Å²) in [6.45, 7) is 8.74. The Kier molecular flexibility index (Phi) is 4.99. The van der Waals surface area contributed by atoms with Crippen LogP contribution in [-0.4, -0.2) is 30.4 Å². The summed E-state index contributed by atoms with van der Waals surface area (Å²) in [5, 5.41) is 5.19. The fourth-order valence-electron chi connectivity index (χ4n) is 2.67. The summed E-state index contributed by atoms with van der Waals surface area (Å²) in [5.74, 6) is 0.668. The van der Waals surface area contributed by atoms with Crippen molar-refractivity contribution >= 4 is 17.2 Å². The maximum absolute atomic E-state index is 12.0. The van der Waals surface area contributed by atoms with E-state index in [1.807, 2.05) is 11.3 Å². The molecule has 1 unspecified atom stereocenters. The molecule has 19 heavy (non-hydrogen) atoms. The number of hydrogen-bond acceptors (Lipinski definition) is 3. The van der Waals surface area contributed by atoms with Crippen LogP contribution in [0.2, 0.25) is 0 Å². The van der Waals surface area contributed by atoms with Gasteiger partial charge in [0.1, 0.15) is 0 Å². The minimum atomic E-state index is 0.158. The van der Waals surface area contributed by atoms with E-state index in [1.165, 1.54) is 10.4 Å². The average Bonchev–Trinajstić information content (AvgIpc) is 2.84. The molecule has 1 N–H and O–H groups in total. The van der Waals surface area contributed by atoms with Gasteiger partial charge in [0, 0.05) is 24.0 Å². The molecule has 1 aromatic heterocycles. The van der Waals surface area contributed by atoms with Crippen molar-refractivity contribution < 1.29 is 4.79 Å². The van der Waals surface area contributed by atoms with E-state index < -0.39 is 0 Å². The minimum Gasteiger partial charge on any atom is -0.355 e. The van der Waals surface area contributed by atoms with E-state index in [9.17, 15) is 4.79 Å². The van der Waals surface area contributed by atoms with Crippen LogP contribution < -0.4 is 5.32 Å². The molecule has 1 amide bonds. The number of hydrogen-bond donors (Lipinski definition) is 1. The third-order valence-electron chi connectivity index (χ3n) is 3.65. The van der Waals surface area contributed by atoms with Crippen molar-refractivity contribution in [3.63, 3.8) is 0 Å². The third-order valence-corrected chi connectivity index (χ3v) is 4.64. The maximum Gasteiger partial charge on any atom is 0.234 e. The van der Waals surface area contributed by atoms with Crippen LogP contribution in [0.25, 0.3) is 0 Å². The lowest BCUT2D eigenvalue weighted by Gasteiger charge is -2.34. The molecule has 0 spiro atoms. The Labute approximate surface area is 120 Å². The van der Waals surface area contributed by atoms with Gasteiger partial charge < -0.3 is 5.32 Å². The van der Waals surface area contributed by atoms with Crippen LogP contribution in [-0.2, 0) is 11.2 Å². The Hall–Kier alpha value is -0.870. The molecule has 0 aliphatic carbocycles. The molecule has 0 aromatic carbocycles. The van der Waals surface area contributed by atoms with E-state index in [-0.39, 0.29) is 5.91 Å². The lowest BCUT2D eigenvalue weighted by molar-refractivity contribution is -0.123. The first-order valence-corrected chi connectivity index (χ1v) is 8.06. The van der Waals surface area contributed by atoms with Crippen molar-refractivity contribution in [2.75, 3.05) is 19.6 Å². The van der Waals surface area contributed by atoms with Gasteiger partial charge in [-0.15, -0.1) is 11.3 Å². The average molecular weight is 280 g/mol. The number of carbonyl (C=O) groups is 1. The van der Waals surface area contributed by atoms with Crippen molar-refractivity contribution in [3.8, 4) is 0 Å². The second-order valence-corrected chi connectivity index (χ2v) is 6.64. The number of fused-ring (bicyclic) bond motifs is 1. The van der Waals surface area contributed by atoms with Gasteiger partial charge in [0.15, 0.2) is 0 Å². The predicted molar refractivity (Wildman–Crippen MR) is 80.5 cm³/mol. The molecule has 2 rings (SSSR count). The zero-order valence-corrected chi connectivity index (χ0v) is 12.9. The molecule has 0 saturated carbocycles.